The minimum Gasteiger partial charge on any atom is -0.453 e. The van der Waals surface area contributed by atoms with E-state index >= 15 is 0 Å². The number of ether oxygens (including phenoxy) is 1. The minimum absolute atomic E-state index is 0.0499. The Morgan fingerprint density at radius 2 is 1.57 bits per heavy atom. The lowest BCUT2D eigenvalue weighted by Crippen LogP contribution is -2.36. The fourth-order valence-corrected chi connectivity index (χ4v) is 2.47. The minimum atomic E-state index is -3.67. The number of aromatic amines is 1. The van der Waals surface area contributed by atoms with Crippen LogP contribution in [0.5, 0.6) is 11.5 Å². The Morgan fingerprint density at radius 1 is 1.03 bits per heavy atom. The first-order valence-corrected chi connectivity index (χ1v) is 13.2. The SMILES string of the molecule is CN=C(N)NC(=O)c1cc2c(C)ccc(Oc3ccccc3N)c2[nH]1.CS(=O)(=O)O.CS(=O)(=O)O. The van der Waals surface area contributed by atoms with Gasteiger partial charge in [-0.2, -0.15) is 16.8 Å². The van der Waals surface area contributed by atoms with Crippen LogP contribution in [0.25, 0.3) is 10.9 Å². The third kappa shape index (κ3) is 11.3. The highest BCUT2D eigenvalue weighted by molar-refractivity contribution is 7.85. The number of anilines is 1. The molecule has 8 N–H and O–H groups in total. The molecule has 0 aliphatic carbocycles. The second-order valence-corrected chi connectivity index (χ2v) is 9.95. The van der Waals surface area contributed by atoms with Crippen molar-refractivity contribution in [3.8, 4) is 11.5 Å². The first kappa shape index (κ1) is 29.4. The molecule has 0 bridgehead atoms. The fourth-order valence-electron chi connectivity index (χ4n) is 2.47. The molecule has 0 saturated heterocycles. The van der Waals surface area contributed by atoms with E-state index in [1.165, 1.54) is 7.05 Å². The molecule has 192 valence electrons. The van der Waals surface area contributed by atoms with Gasteiger partial charge in [-0.3, -0.25) is 24.2 Å². The number of nitrogens with two attached hydrogens (primary N) is 2. The number of aliphatic imine (C=N–C) groups is 1. The molecule has 0 radical (unpaired) electrons. The number of nitrogen functional groups attached to an aromatic ring is 1. The van der Waals surface area contributed by atoms with E-state index in [9.17, 15) is 21.6 Å². The lowest BCUT2D eigenvalue weighted by Gasteiger charge is -2.10. The summed E-state index contributed by atoms with van der Waals surface area (Å²) in [6, 6.07) is 12.8. The number of hydrogen-bond acceptors (Lipinski definition) is 8. The summed E-state index contributed by atoms with van der Waals surface area (Å²) in [5.41, 5.74) is 14.1. The Bertz CT molecular complexity index is 1380. The van der Waals surface area contributed by atoms with Gasteiger partial charge in [0.05, 0.1) is 23.7 Å². The number of fused-ring (bicyclic) bond motifs is 1. The molecule has 2 aromatic carbocycles. The van der Waals surface area contributed by atoms with Crippen LogP contribution in [0.3, 0.4) is 0 Å². The third-order valence-corrected chi connectivity index (χ3v) is 3.84. The van der Waals surface area contributed by atoms with Gasteiger partial charge in [-0.15, -0.1) is 0 Å². The van der Waals surface area contributed by atoms with Crippen molar-refractivity contribution in [1.82, 2.24) is 10.3 Å². The second-order valence-electron chi connectivity index (χ2n) is 7.02. The molecule has 0 atom stereocenters. The number of carbonyl (C=O) groups excluding carboxylic acids is 1. The monoisotopic (exact) mass is 529 g/mol. The molecule has 15 heteroatoms. The van der Waals surface area contributed by atoms with Gasteiger partial charge in [-0.1, -0.05) is 18.2 Å². The molecule has 1 heterocycles. The molecule has 0 unspecified atom stereocenters. The Hall–Kier alpha value is -3.66. The largest absolute Gasteiger partial charge is 0.453 e. The highest BCUT2D eigenvalue weighted by Crippen LogP contribution is 2.34. The summed E-state index contributed by atoms with van der Waals surface area (Å²) in [5.74, 6) is 0.808. The molecule has 1 aromatic heterocycles. The van der Waals surface area contributed by atoms with Crippen molar-refractivity contribution in [1.29, 1.82) is 0 Å². The van der Waals surface area contributed by atoms with E-state index in [0.29, 0.717) is 40.9 Å². The normalized spacial score (nSPS) is 11.5. The third-order valence-electron chi connectivity index (χ3n) is 3.84. The van der Waals surface area contributed by atoms with Crippen LogP contribution < -0.4 is 21.5 Å². The van der Waals surface area contributed by atoms with Gasteiger partial charge in [0.25, 0.3) is 26.1 Å². The zero-order valence-corrected chi connectivity index (χ0v) is 20.9. The van der Waals surface area contributed by atoms with Crippen molar-refractivity contribution < 1.29 is 35.5 Å². The number of aromatic nitrogens is 1. The fraction of sp³-hybridized carbons (Fsp3) is 0.200. The summed E-state index contributed by atoms with van der Waals surface area (Å²) >= 11 is 0. The summed E-state index contributed by atoms with van der Waals surface area (Å²) in [4.78, 5) is 19.1. The van der Waals surface area contributed by atoms with Crippen molar-refractivity contribution in [2.24, 2.45) is 10.7 Å². The van der Waals surface area contributed by atoms with Crippen LogP contribution in [-0.4, -0.2) is 62.4 Å². The lowest BCUT2D eigenvalue weighted by molar-refractivity contribution is 0.0972. The standard InChI is InChI=1S/C18H19N5O2.2CH4O3S/c1-10-7-8-15(25-14-6-4-3-5-12(14)19)16-11(10)9-13(22-16)17(24)23-18(20)21-2;2*1-5(2,3)4/h3-9,22H,19H2,1-2H3,(H3,20,21,23,24);2*1H3,(H,2,3,4). The zero-order valence-electron chi connectivity index (χ0n) is 19.3. The maximum Gasteiger partial charge on any atom is 0.274 e. The highest BCUT2D eigenvalue weighted by Gasteiger charge is 2.15. The summed E-state index contributed by atoms with van der Waals surface area (Å²) < 4.78 is 57.7. The number of guanidine groups is 1. The highest BCUT2D eigenvalue weighted by atomic mass is 32.2. The number of nitrogens with one attached hydrogen (secondary N) is 2. The Balaban J connectivity index is 0.000000519. The quantitative estimate of drug-likeness (QED) is 0.124. The van der Waals surface area contributed by atoms with E-state index < -0.39 is 20.2 Å². The van der Waals surface area contributed by atoms with Crippen molar-refractivity contribution in [2.45, 2.75) is 6.92 Å². The molecular weight excluding hydrogens is 502 g/mol. The first-order valence-electron chi connectivity index (χ1n) is 9.52. The molecule has 0 aliphatic rings. The topological polar surface area (TPSA) is 227 Å². The molecule has 3 rings (SSSR count). The molecule has 35 heavy (non-hydrogen) atoms. The van der Waals surface area contributed by atoms with E-state index in [1.54, 1.807) is 18.2 Å². The number of benzene rings is 2. The van der Waals surface area contributed by atoms with Gasteiger partial charge in [0, 0.05) is 12.4 Å². The molecular formula is C20H27N5O8S2. The van der Waals surface area contributed by atoms with Crippen molar-refractivity contribution in [2.75, 3.05) is 25.3 Å². The zero-order chi connectivity index (χ0) is 27.0. The average molecular weight is 530 g/mol. The van der Waals surface area contributed by atoms with Crippen molar-refractivity contribution >= 4 is 48.7 Å². The molecule has 0 spiro atoms. The molecule has 0 fully saturated rings. The van der Waals surface area contributed by atoms with Crippen LogP contribution in [0.1, 0.15) is 16.1 Å². The average Bonchev–Trinajstić information content (AvgIpc) is 3.16. The van der Waals surface area contributed by atoms with Crippen LogP contribution >= 0.6 is 0 Å². The maximum atomic E-state index is 12.3. The van der Waals surface area contributed by atoms with Gasteiger partial charge in [-0.05, 0) is 36.8 Å². The summed E-state index contributed by atoms with van der Waals surface area (Å²) in [6.07, 6.45) is 1.43. The maximum absolute atomic E-state index is 12.3. The Labute approximate surface area is 202 Å². The summed E-state index contributed by atoms with van der Waals surface area (Å²) in [5, 5.41) is 3.38. The molecule has 0 aliphatic heterocycles. The van der Waals surface area contributed by atoms with Gasteiger partial charge >= 0.3 is 0 Å². The van der Waals surface area contributed by atoms with Gasteiger partial charge in [0.2, 0.25) is 0 Å². The number of aryl methyl sites for hydroxylation is 1. The van der Waals surface area contributed by atoms with Crippen LogP contribution in [-0.2, 0) is 20.2 Å². The van der Waals surface area contributed by atoms with Gasteiger partial charge in [-0.25, -0.2) is 0 Å². The number of amides is 1. The molecule has 1 amide bonds. The smallest absolute Gasteiger partial charge is 0.274 e. The predicted molar refractivity (Wildman–Crippen MR) is 134 cm³/mol. The first-order chi connectivity index (χ1) is 16.0. The second kappa shape index (κ2) is 12.2. The van der Waals surface area contributed by atoms with E-state index in [0.717, 1.165) is 10.9 Å². The van der Waals surface area contributed by atoms with E-state index in [-0.39, 0.29) is 11.9 Å². The van der Waals surface area contributed by atoms with Crippen LogP contribution in [0.15, 0.2) is 47.5 Å². The van der Waals surface area contributed by atoms with Crippen LogP contribution in [0.4, 0.5) is 5.69 Å². The van der Waals surface area contributed by atoms with E-state index in [2.05, 4.69) is 15.3 Å². The number of para-hydroxylation sites is 2. The molecule has 0 saturated carbocycles. The van der Waals surface area contributed by atoms with Crippen LogP contribution in [0, 0.1) is 6.92 Å². The van der Waals surface area contributed by atoms with Gasteiger partial charge < -0.3 is 21.2 Å². The van der Waals surface area contributed by atoms with Gasteiger partial charge in [0.1, 0.15) is 11.4 Å². The summed E-state index contributed by atoms with van der Waals surface area (Å²) in [7, 11) is -5.83. The van der Waals surface area contributed by atoms with E-state index in [4.69, 9.17) is 25.3 Å². The molecule has 3 aromatic rings. The van der Waals surface area contributed by atoms with Gasteiger partial charge in [0.15, 0.2) is 11.7 Å². The Morgan fingerprint density at radius 3 is 2.09 bits per heavy atom. The summed E-state index contributed by atoms with van der Waals surface area (Å²) in [6.45, 7) is 1.96. The lowest BCUT2D eigenvalue weighted by atomic mass is 10.1. The molecule has 13 nitrogen and oxygen atoms in total. The van der Waals surface area contributed by atoms with Crippen LogP contribution in [0.2, 0.25) is 0 Å². The number of hydrogen-bond donors (Lipinski definition) is 6. The Kier molecular flexibility index (Phi) is 10.2. The number of carbonyl (C=O) groups is 1. The van der Waals surface area contributed by atoms with Crippen molar-refractivity contribution in [3.05, 3.63) is 53.7 Å². The van der Waals surface area contributed by atoms with E-state index in [1.807, 2.05) is 31.2 Å². The predicted octanol–water partition coefficient (Wildman–Crippen LogP) is 1.53. The van der Waals surface area contributed by atoms with Crippen molar-refractivity contribution in [3.63, 3.8) is 0 Å². The number of nitrogens with zero attached hydrogens (tertiary/aromatic N) is 1. The number of H-pyrrole nitrogens is 1. The number of rotatable bonds is 3.